The van der Waals surface area contributed by atoms with Gasteiger partial charge in [-0.1, -0.05) is 26.3 Å². The molecule has 0 aromatic carbocycles. The summed E-state index contributed by atoms with van der Waals surface area (Å²) in [5.74, 6) is -20.9. The predicted molar refractivity (Wildman–Crippen MR) is 151 cm³/mol. The first-order valence-electron chi connectivity index (χ1n) is 15.3. The van der Waals surface area contributed by atoms with E-state index in [1.807, 2.05) is 0 Å². The summed E-state index contributed by atoms with van der Waals surface area (Å²) in [6.07, 6.45) is -13.1. The number of rotatable bonds is 12. The SMILES string of the molecule is C=CC(=O)OCC1(F)CC2(F)C(F)(COC(=O)C=C)C(F)(COC(=O)C=C)C3(F)CC(F)(COC(=O)C=C)C(F)(F)C4(F)CCC(F)(C1(F)F)C2(F)C43F. The number of hydrogen-bond acceptors (Lipinski definition) is 8. The van der Waals surface area contributed by atoms with Gasteiger partial charge in [0.05, 0.1) is 0 Å². The summed E-state index contributed by atoms with van der Waals surface area (Å²) < 4.78 is 257. The molecule has 4 rings (SSSR count). The van der Waals surface area contributed by atoms with Crippen molar-refractivity contribution in [3.8, 4) is 0 Å². The maximum absolute atomic E-state index is 18.0. The fourth-order valence-corrected chi connectivity index (χ4v) is 8.25. The average Bonchev–Trinajstić information content (AvgIpc) is 3.11. The molecule has 4 fully saturated rings. The summed E-state index contributed by atoms with van der Waals surface area (Å²) in [7, 11) is 0. The van der Waals surface area contributed by atoms with Crippen LogP contribution in [-0.4, -0.2) is 119 Å². The van der Waals surface area contributed by atoms with E-state index in [0.29, 0.717) is 0 Å². The largest absolute Gasteiger partial charge is 0.459 e. The molecular weight excluding hydrogens is 778 g/mol. The Kier molecular flexibility index (Phi) is 9.61. The molecule has 0 amide bonds. The van der Waals surface area contributed by atoms with Crippen LogP contribution in [0.4, 0.5) is 61.5 Å². The van der Waals surface area contributed by atoms with Crippen LogP contribution in [0.25, 0.3) is 0 Å². The van der Waals surface area contributed by atoms with Crippen LogP contribution in [0.15, 0.2) is 50.6 Å². The highest BCUT2D eigenvalue weighted by atomic mass is 19.3. The smallest absolute Gasteiger partial charge is 0.330 e. The Hall–Kier alpha value is -4.14. The van der Waals surface area contributed by atoms with Crippen LogP contribution in [-0.2, 0) is 38.1 Å². The number of hydrogen-bond donors (Lipinski definition) is 0. The van der Waals surface area contributed by atoms with Gasteiger partial charge in [0, 0.05) is 37.1 Å². The van der Waals surface area contributed by atoms with E-state index in [0.717, 1.165) is 0 Å². The molecule has 302 valence electrons. The highest BCUT2D eigenvalue weighted by Gasteiger charge is 3.11. The third kappa shape index (κ3) is 4.38. The predicted octanol–water partition coefficient (Wildman–Crippen LogP) is 5.87. The molecule has 0 spiro atoms. The number of halogens is 14. The topological polar surface area (TPSA) is 105 Å². The molecule has 0 heterocycles. The van der Waals surface area contributed by atoms with E-state index in [1.165, 1.54) is 0 Å². The van der Waals surface area contributed by atoms with E-state index in [4.69, 9.17) is 0 Å². The molecule has 0 N–H and O–H groups in total. The number of carbonyl (C=O) groups is 4. The Labute approximate surface area is 295 Å². The zero-order chi connectivity index (χ0) is 41.6. The van der Waals surface area contributed by atoms with Crippen molar-refractivity contribution < 1.29 is 99.6 Å². The molecule has 0 aromatic rings. The third-order valence-corrected chi connectivity index (χ3v) is 10.9. The van der Waals surface area contributed by atoms with Crippen molar-refractivity contribution in [3.05, 3.63) is 50.6 Å². The van der Waals surface area contributed by atoms with Gasteiger partial charge < -0.3 is 18.9 Å². The minimum absolute atomic E-state index is 0.0299. The van der Waals surface area contributed by atoms with E-state index >= 15 is 61.5 Å². The normalized spacial score (nSPS) is 45.4. The van der Waals surface area contributed by atoms with Crippen LogP contribution < -0.4 is 0 Å². The van der Waals surface area contributed by atoms with Crippen molar-refractivity contribution in [2.45, 2.75) is 94.2 Å². The molecule has 0 saturated heterocycles. The van der Waals surface area contributed by atoms with Crippen LogP contribution in [0.5, 0.6) is 0 Å². The van der Waals surface area contributed by atoms with Gasteiger partial charge in [-0.25, -0.2) is 63.1 Å². The maximum Gasteiger partial charge on any atom is 0.330 e. The highest BCUT2D eigenvalue weighted by molar-refractivity contribution is 5.82. The number of carbonyl (C=O) groups excluding carboxylic acids is 4. The first-order valence-corrected chi connectivity index (χ1v) is 15.3. The summed E-state index contributed by atoms with van der Waals surface area (Å²) in [5, 5.41) is 0. The second-order valence-corrected chi connectivity index (χ2v) is 13.3. The van der Waals surface area contributed by atoms with Crippen LogP contribution in [0.3, 0.4) is 0 Å². The van der Waals surface area contributed by atoms with Gasteiger partial charge in [-0.2, -0.15) is 17.6 Å². The quantitative estimate of drug-likeness (QED) is 0.105. The Morgan fingerprint density at radius 2 is 0.667 bits per heavy atom. The Balaban J connectivity index is 2.27. The Morgan fingerprint density at radius 3 is 0.907 bits per heavy atom. The standard InChI is InChI=1S/C32H28F14O8/c1-5-17(47)51-13-21(33)11-25(37)27(39,15-53-19(49)7-3)28(40,16-54-20(50)8-4)26(38)12-22(34,14-52-18(48)6-2)32(45,46)24(36)10-9-23(35,31(21,43)44)29(25,41)30(24,26)42/h5-8H,1-4,9-16H2. The van der Waals surface area contributed by atoms with E-state index < -0.39 is 145 Å². The second-order valence-electron chi connectivity index (χ2n) is 13.3. The Morgan fingerprint density at radius 1 is 0.426 bits per heavy atom. The fourth-order valence-electron chi connectivity index (χ4n) is 8.25. The van der Waals surface area contributed by atoms with Gasteiger partial charge in [0.15, 0.2) is 11.3 Å². The van der Waals surface area contributed by atoms with Gasteiger partial charge in [0.25, 0.3) is 0 Å². The molecule has 0 aromatic heterocycles. The van der Waals surface area contributed by atoms with Crippen LogP contribution in [0, 0.1) is 0 Å². The first kappa shape index (κ1) is 42.6. The molecule has 22 heteroatoms. The van der Waals surface area contributed by atoms with E-state index in [-0.39, 0.29) is 24.3 Å². The van der Waals surface area contributed by atoms with E-state index in [9.17, 15) is 19.2 Å². The molecule has 4 aliphatic rings. The molecule has 4 aliphatic carbocycles. The van der Waals surface area contributed by atoms with Crippen molar-refractivity contribution in [1.29, 1.82) is 0 Å². The van der Waals surface area contributed by atoms with Gasteiger partial charge >= 0.3 is 35.7 Å². The van der Waals surface area contributed by atoms with Gasteiger partial charge in [-0.05, 0) is 12.8 Å². The summed E-state index contributed by atoms with van der Waals surface area (Å²) in [5.41, 5.74) is -62.5. The molecule has 10 unspecified atom stereocenters. The summed E-state index contributed by atoms with van der Waals surface area (Å²) in [6, 6.07) is 0. The minimum Gasteiger partial charge on any atom is -0.459 e. The Bertz CT molecular complexity index is 1580. The lowest BCUT2D eigenvalue weighted by Crippen LogP contribution is -3.04. The monoisotopic (exact) mass is 806 g/mol. The van der Waals surface area contributed by atoms with Crippen molar-refractivity contribution >= 4 is 23.9 Å². The average molecular weight is 807 g/mol. The molecular formula is C32H28F14O8. The third-order valence-electron chi connectivity index (χ3n) is 10.9. The maximum atomic E-state index is 18.0. The van der Waals surface area contributed by atoms with E-state index in [2.05, 4.69) is 45.3 Å². The number of alkyl halides is 14. The number of ether oxygens (including phenoxy) is 4. The van der Waals surface area contributed by atoms with E-state index in [1.54, 1.807) is 0 Å². The summed E-state index contributed by atoms with van der Waals surface area (Å²) in [4.78, 5) is 47.4. The summed E-state index contributed by atoms with van der Waals surface area (Å²) >= 11 is 0. The molecule has 8 nitrogen and oxygen atoms in total. The van der Waals surface area contributed by atoms with Crippen molar-refractivity contribution in [1.82, 2.24) is 0 Å². The number of esters is 4. The lowest BCUT2D eigenvalue weighted by atomic mass is 9.32. The van der Waals surface area contributed by atoms with Crippen molar-refractivity contribution in [3.63, 3.8) is 0 Å². The molecule has 4 saturated carbocycles. The molecule has 0 bridgehead atoms. The van der Waals surface area contributed by atoms with Gasteiger partial charge in [-0.3, -0.25) is 0 Å². The lowest BCUT2D eigenvalue weighted by molar-refractivity contribution is -0.491. The highest BCUT2D eigenvalue weighted by Crippen LogP contribution is 2.85. The van der Waals surface area contributed by atoms with Crippen molar-refractivity contribution in [2.24, 2.45) is 0 Å². The van der Waals surface area contributed by atoms with Crippen molar-refractivity contribution in [2.75, 3.05) is 26.4 Å². The molecule has 0 radical (unpaired) electrons. The van der Waals surface area contributed by atoms with Crippen LogP contribution in [0.2, 0.25) is 0 Å². The van der Waals surface area contributed by atoms with Gasteiger partial charge in [-0.15, -0.1) is 0 Å². The first-order chi connectivity index (χ1) is 24.4. The zero-order valence-electron chi connectivity index (χ0n) is 27.4. The molecule has 0 aliphatic heterocycles. The van der Waals surface area contributed by atoms with Crippen LogP contribution in [0.1, 0.15) is 25.7 Å². The zero-order valence-corrected chi connectivity index (χ0v) is 27.4. The van der Waals surface area contributed by atoms with Gasteiger partial charge in [0.1, 0.15) is 26.4 Å². The van der Waals surface area contributed by atoms with Crippen LogP contribution >= 0.6 is 0 Å². The summed E-state index contributed by atoms with van der Waals surface area (Å²) in [6.45, 7) is -0.270. The van der Waals surface area contributed by atoms with Gasteiger partial charge in [0.2, 0.25) is 45.4 Å². The fraction of sp³-hybridized carbons (Fsp3) is 0.625. The molecule has 54 heavy (non-hydrogen) atoms. The molecule has 10 atom stereocenters. The lowest BCUT2D eigenvalue weighted by Gasteiger charge is -2.77. The second kappa shape index (κ2) is 12.2. The minimum atomic E-state index is -6.99.